The van der Waals surface area contributed by atoms with Crippen molar-refractivity contribution in [1.29, 1.82) is 0 Å². The molecule has 1 atom stereocenters. The summed E-state index contributed by atoms with van der Waals surface area (Å²) in [6.07, 6.45) is 2.07. The molecule has 0 radical (unpaired) electrons. The van der Waals surface area contributed by atoms with E-state index in [-0.39, 0.29) is 18.8 Å². The third-order valence-corrected chi connectivity index (χ3v) is 4.25. The van der Waals surface area contributed by atoms with Crippen molar-refractivity contribution in [2.75, 3.05) is 24.6 Å². The number of alkyl halides is 5. The number of hydrogen-bond acceptors (Lipinski definition) is 5. The predicted octanol–water partition coefficient (Wildman–Crippen LogP) is 4.46. The monoisotopic (exact) mass is 416 g/mol. The first kappa shape index (κ1) is 21.2. The van der Waals surface area contributed by atoms with Crippen LogP contribution in [-0.4, -0.2) is 46.7 Å². The minimum atomic E-state index is -4.53. The van der Waals surface area contributed by atoms with Crippen molar-refractivity contribution >= 4 is 5.82 Å². The third-order valence-electron chi connectivity index (χ3n) is 4.25. The summed E-state index contributed by atoms with van der Waals surface area (Å²) in [4.78, 5) is 13.1. The first-order valence-electron chi connectivity index (χ1n) is 8.91. The van der Waals surface area contributed by atoms with Gasteiger partial charge in [0.1, 0.15) is 0 Å². The standard InChI is InChI=1S/C11H13F2N3O.C7H6F3N2/c12-11(13)6-16(7-11)9-10(15-4-3-14-9)17-5-8-1-2-8;8-7(9,10)6(11)5-3-1-2-4-12-5/h3-4,8H,1-2,5-7H2;1-4,6,11H/q;-1/t;6-/m.0/s1. The molecule has 0 spiro atoms. The lowest BCUT2D eigenvalue weighted by atomic mass is 10.1. The third kappa shape index (κ3) is 5.96. The highest BCUT2D eigenvalue weighted by Gasteiger charge is 2.45. The van der Waals surface area contributed by atoms with Crippen LogP contribution in [0.1, 0.15) is 24.6 Å². The molecule has 11 heteroatoms. The van der Waals surface area contributed by atoms with Gasteiger partial charge in [0.2, 0.25) is 0 Å². The van der Waals surface area contributed by atoms with Gasteiger partial charge < -0.3 is 15.4 Å². The van der Waals surface area contributed by atoms with Crippen molar-refractivity contribution in [3.8, 4) is 5.88 Å². The van der Waals surface area contributed by atoms with E-state index >= 15 is 0 Å². The van der Waals surface area contributed by atoms with E-state index in [1.807, 2.05) is 0 Å². The lowest BCUT2D eigenvalue weighted by Crippen LogP contribution is -2.56. The number of rotatable bonds is 5. The summed E-state index contributed by atoms with van der Waals surface area (Å²) in [5.41, 5.74) is 6.50. The average Bonchev–Trinajstić information content (AvgIpc) is 3.49. The second-order valence-electron chi connectivity index (χ2n) is 6.88. The van der Waals surface area contributed by atoms with Crippen molar-refractivity contribution in [1.82, 2.24) is 15.0 Å². The lowest BCUT2D eigenvalue weighted by Gasteiger charge is -2.39. The first-order chi connectivity index (χ1) is 13.7. The Hall–Kier alpha value is -2.56. The number of aromatic nitrogens is 3. The van der Waals surface area contributed by atoms with Gasteiger partial charge in [0.05, 0.1) is 19.7 Å². The first-order valence-corrected chi connectivity index (χ1v) is 8.91. The predicted molar refractivity (Wildman–Crippen MR) is 94.8 cm³/mol. The van der Waals surface area contributed by atoms with E-state index in [9.17, 15) is 22.0 Å². The van der Waals surface area contributed by atoms with Gasteiger partial charge in [-0.1, -0.05) is 6.07 Å². The summed E-state index contributed by atoms with van der Waals surface area (Å²) in [6, 6.07) is 1.88. The molecule has 0 aromatic carbocycles. The maximum atomic E-state index is 12.8. The van der Waals surface area contributed by atoms with Crippen molar-refractivity contribution in [3.63, 3.8) is 0 Å². The van der Waals surface area contributed by atoms with Crippen molar-refractivity contribution in [3.05, 3.63) is 48.2 Å². The van der Waals surface area contributed by atoms with E-state index in [1.165, 1.54) is 54.5 Å². The second-order valence-corrected chi connectivity index (χ2v) is 6.88. The molecule has 2 aromatic rings. The molecule has 1 N–H and O–H groups in total. The van der Waals surface area contributed by atoms with Gasteiger partial charge in [0.15, 0.2) is 5.82 Å². The van der Waals surface area contributed by atoms with Crippen molar-refractivity contribution in [2.45, 2.75) is 31.0 Å². The summed E-state index contributed by atoms with van der Waals surface area (Å²) in [5.74, 6) is -1.21. The zero-order chi connectivity index (χ0) is 21.1. The van der Waals surface area contributed by atoms with E-state index in [2.05, 4.69) is 15.0 Å². The lowest BCUT2D eigenvalue weighted by molar-refractivity contribution is -0.140. The number of nitrogens with one attached hydrogen (secondary N) is 1. The normalized spacial score (nSPS) is 18.9. The molecule has 29 heavy (non-hydrogen) atoms. The van der Waals surface area contributed by atoms with Gasteiger partial charge in [-0.05, 0) is 30.9 Å². The molecule has 1 aliphatic carbocycles. The van der Waals surface area contributed by atoms with Crippen LogP contribution in [0.15, 0.2) is 36.8 Å². The Morgan fingerprint density at radius 3 is 2.34 bits per heavy atom. The van der Waals surface area contributed by atoms with Gasteiger partial charge in [-0.3, -0.25) is 4.98 Å². The maximum Gasteiger partial charge on any atom is 0.378 e. The Balaban J connectivity index is 0.000000177. The zero-order valence-electron chi connectivity index (χ0n) is 15.2. The summed E-state index contributed by atoms with van der Waals surface area (Å²) < 4.78 is 66.8. The summed E-state index contributed by atoms with van der Waals surface area (Å²) in [5, 5.41) is 0. The van der Waals surface area contributed by atoms with Crippen molar-refractivity contribution < 1.29 is 26.7 Å². The summed E-state index contributed by atoms with van der Waals surface area (Å²) >= 11 is 0. The number of ether oxygens (including phenoxy) is 1. The number of pyridine rings is 1. The molecule has 0 amide bonds. The molecule has 2 aromatic heterocycles. The Bertz CT molecular complexity index is 793. The van der Waals surface area contributed by atoms with Crippen LogP contribution < -0.4 is 9.64 Å². The molecular weight excluding hydrogens is 397 g/mol. The number of hydrogen-bond donors (Lipinski definition) is 0. The molecule has 1 saturated heterocycles. The molecule has 2 aliphatic rings. The highest BCUT2D eigenvalue weighted by Crippen LogP contribution is 2.36. The summed E-state index contributed by atoms with van der Waals surface area (Å²) in [6.45, 7) is 0.00684. The minimum absolute atomic E-state index is 0.273. The molecule has 1 saturated carbocycles. The average molecular weight is 416 g/mol. The van der Waals surface area contributed by atoms with E-state index < -0.39 is 18.1 Å². The van der Waals surface area contributed by atoms with Crippen LogP contribution in [0.3, 0.4) is 0 Å². The Morgan fingerprint density at radius 2 is 1.79 bits per heavy atom. The number of halogens is 5. The highest BCUT2D eigenvalue weighted by molar-refractivity contribution is 5.51. The fraction of sp³-hybridized carbons (Fsp3) is 0.500. The van der Waals surface area contributed by atoms with Gasteiger partial charge in [-0.2, -0.15) is 13.2 Å². The van der Waals surface area contributed by atoms with Gasteiger partial charge in [-0.15, -0.1) is 0 Å². The number of anilines is 1. The number of nitrogens with zero attached hydrogens (tertiary/aromatic N) is 4. The molecule has 0 unspecified atom stereocenters. The van der Waals surface area contributed by atoms with Crippen molar-refractivity contribution in [2.24, 2.45) is 5.92 Å². The van der Waals surface area contributed by atoms with Crippen LogP contribution in [0.5, 0.6) is 5.88 Å². The smallest absolute Gasteiger partial charge is 0.378 e. The molecule has 1 aliphatic heterocycles. The second kappa shape index (κ2) is 8.44. The van der Waals surface area contributed by atoms with Crippen LogP contribution in [0.2, 0.25) is 0 Å². The van der Waals surface area contributed by atoms with Gasteiger partial charge >= 0.3 is 6.18 Å². The van der Waals surface area contributed by atoms with Crippen LogP contribution in [0, 0.1) is 5.92 Å². The maximum absolute atomic E-state index is 12.8. The largest absolute Gasteiger partial charge is 0.662 e. The van der Waals surface area contributed by atoms with Crippen LogP contribution in [0.4, 0.5) is 27.8 Å². The molecule has 6 nitrogen and oxygen atoms in total. The summed E-state index contributed by atoms with van der Waals surface area (Å²) in [7, 11) is 0. The van der Waals surface area contributed by atoms with Gasteiger partial charge in [-0.25, -0.2) is 18.7 Å². The van der Waals surface area contributed by atoms with Gasteiger partial charge in [0.25, 0.3) is 11.8 Å². The highest BCUT2D eigenvalue weighted by atomic mass is 19.4. The van der Waals surface area contributed by atoms with E-state index in [1.54, 1.807) is 0 Å². The quantitative estimate of drug-likeness (QED) is 0.673. The molecule has 4 rings (SSSR count). The molecular formula is C18H19F5N5O-. The van der Waals surface area contributed by atoms with E-state index in [0.717, 1.165) is 0 Å². The SMILES string of the molecule is FC1(F)CN(c2nccnc2OCC2CC2)C1.[NH-][C@@H](c1ccccn1)C(F)(F)F. The fourth-order valence-corrected chi connectivity index (χ4v) is 2.49. The molecule has 0 bridgehead atoms. The Morgan fingerprint density at radius 1 is 1.10 bits per heavy atom. The molecule has 2 fully saturated rings. The Kier molecular flexibility index (Phi) is 6.15. The van der Waals surface area contributed by atoms with Crippen LogP contribution in [-0.2, 0) is 0 Å². The van der Waals surface area contributed by atoms with E-state index in [0.29, 0.717) is 24.2 Å². The van der Waals surface area contributed by atoms with E-state index in [4.69, 9.17) is 10.5 Å². The molecule has 158 valence electrons. The topological polar surface area (TPSA) is 74.9 Å². The minimum Gasteiger partial charge on any atom is -0.662 e. The van der Waals surface area contributed by atoms with Crippen LogP contribution >= 0.6 is 0 Å². The van der Waals surface area contributed by atoms with Crippen LogP contribution in [0.25, 0.3) is 5.73 Å². The molecule has 3 heterocycles. The zero-order valence-corrected chi connectivity index (χ0v) is 15.2. The Labute approximate surface area is 163 Å². The fourth-order valence-electron chi connectivity index (χ4n) is 2.49. The van der Waals surface area contributed by atoms with Gasteiger partial charge in [0, 0.05) is 30.3 Å².